The van der Waals surface area contributed by atoms with Gasteiger partial charge in [0.2, 0.25) is 0 Å². The van der Waals surface area contributed by atoms with Crippen LogP contribution >= 0.6 is 11.6 Å². The van der Waals surface area contributed by atoms with Gasteiger partial charge in [0, 0.05) is 11.3 Å². The first kappa shape index (κ1) is 14.3. The minimum atomic E-state index is 0.183. The van der Waals surface area contributed by atoms with E-state index in [2.05, 4.69) is 29.4 Å². The highest BCUT2D eigenvalue weighted by atomic mass is 35.5. The highest BCUT2D eigenvalue weighted by molar-refractivity contribution is 6.33. The smallest absolute Gasteiger partial charge is 0.183 e. The van der Waals surface area contributed by atoms with Gasteiger partial charge in [-0.05, 0) is 46.9 Å². The van der Waals surface area contributed by atoms with Crippen molar-refractivity contribution in [2.75, 3.05) is 5.73 Å². The molecule has 1 unspecified atom stereocenters. The molecular formula is C15H20ClN5. The monoisotopic (exact) mass is 305 g/mol. The standard InChI is InChI=1S/C15H20ClN5/c1-15(2)8-4-3-5-13(15)21-14(18-19-20-21)11-7-6-10(17)9-12(11)16/h6-7,9,13H,3-5,8,17H2,1-2H3. The lowest BCUT2D eigenvalue weighted by Gasteiger charge is -2.38. The molecule has 112 valence electrons. The largest absolute Gasteiger partial charge is 0.399 e. The molecule has 1 aliphatic carbocycles. The van der Waals surface area contributed by atoms with E-state index in [9.17, 15) is 0 Å². The number of nitrogen functional groups attached to an aromatic ring is 1. The minimum Gasteiger partial charge on any atom is -0.399 e. The predicted octanol–water partition coefficient (Wildman–Crippen LogP) is 3.72. The molecule has 5 nitrogen and oxygen atoms in total. The Morgan fingerprint density at radius 3 is 2.86 bits per heavy atom. The average Bonchev–Trinajstić information content (AvgIpc) is 2.87. The van der Waals surface area contributed by atoms with Gasteiger partial charge in [0.05, 0.1) is 11.1 Å². The molecule has 2 aromatic rings. The van der Waals surface area contributed by atoms with Gasteiger partial charge in [0.15, 0.2) is 5.82 Å². The molecule has 0 radical (unpaired) electrons. The van der Waals surface area contributed by atoms with E-state index in [0.29, 0.717) is 16.8 Å². The molecule has 1 aliphatic rings. The number of nitrogens with two attached hydrogens (primary N) is 1. The van der Waals surface area contributed by atoms with E-state index in [1.165, 1.54) is 19.3 Å². The number of halogens is 1. The van der Waals surface area contributed by atoms with Gasteiger partial charge in [0.1, 0.15) is 0 Å². The molecule has 6 heteroatoms. The van der Waals surface area contributed by atoms with Crippen LogP contribution in [0, 0.1) is 5.41 Å². The normalized spacial score (nSPS) is 21.4. The fourth-order valence-corrected chi connectivity index (χ4v) is 3.50. The van der Waals surface area contributed by atoms with Gasteiger partial charge in [0.25, 0.3) is 0 Å². The Morgan fingerprint density at radius 2 is 2.14 bits per heavy atom. The molecule has 1 aromatic heterocycles. The second-order valence-electron chi connectivity index (χ2n) is 6.44. The maximum absolute atomic E-state index is 6.31. The Morgan fingerprint density at radius 1 is 1.33 bits per heavy atom. The highest BCUT2D eigenvalue weighted by Gasteiger charge is 2.36. The summed E-state index contributed by atoms with van der Waals surface area (Å²) in [5, 5.41) is 12.9. The lowest BCUT2D eigenvalue weighted by Crippen LogP contribution is -2.31. The molecule has 1 atom stereocenters. The second-order valence-corrected chi connectivity index (χ2v) is 6.84. The molecule has 1 aromatic carbocycles. The third kappa shape index (κ3) is 2.62. The van der Waals surface area contributed by atoms with Crippen molar-refractivity contribution in [2.45, 2.75) is 45.6 Å². The van der Waals surface area contributed by atoms with Crippen molar-refractivity contribution in [3.8, 4) is 11.4 Å². The van der Waals surface area contributed by atoms with Gasteiger partial charge < -0.3 is 5.73 Å². The fraction of sp³-hybridized carbons (Fsp3) is 0.533. The van der Waals surface area contributed by atoms with Crippen LogP contribution in [0.1, 0.15) is 45.6 Å². The van der Waals surface area contributed by atoms with Crippen molar-refractivity contribution in [3.05, 3.63) is 23.2 Å². The highest BCUT2D eigenvalue weighted by Crippen LogP contribution is 2.44. The number of anilines is 1. The molecule has 0 spiro atoms. The quantitative estimate of drug-likeness (QED) is 0.859. The summed E-state index contributed by atoms with van der Waals surface area (Å²) in [7, 11) is 0. The van der Waals surface area contributed by atoms with E-state index in [1.807, 2.05) is 16.8 Å². The molecule has 3 rings (SSSR count). The van der Waals surface area contributed by atoms with Crippen LogP contribution in [-0.2, 0) is 0 Å². The number of hydrogen-bond acceptors (Lipinski definition) is 4. The third-order valence-corrected chi connectivity index (χ3v) is 4.79. The fourth-order valence-electron chi connectivity index (χ4n) is 3.22. The summed E-state index contributed by atoms with van der Waals surface area (Å²) in [5.74, 6) is 0.722. The third-order valence-electron chi connectivity index (χ3n) is 4.47. The first-order chi connectivity index (χ1) is 9.99. The summed E-state index contributed by atoms with van der Waals surface area (Å²) in [6, 6.07) is 5.74. The molecular weight excluding hydrogens is 286 g/mol. The van der Waals surface area contributed by atoms with Crippen LogP contribution in [0.5, 0.6) is 0 Å². The SMILES string of the molecule is CC1(C)CCCCC1n1nnnc1-c1ccc(N)cc1Cl. The van der Waals surface area contributed by atoms with Crippen LogP contribution < -0.4 is 5.73 Å². The molecule has 0 aliphatic heterocycles. The molecule has 0 saturated heterocycles. The van der Waals surface area contributed by atoms with Crippen molar-refractivity contribution in [3.63, 3.8) is 0 Å². The van der Waals surface area contributed by atoms with Crippen LogP contribution in [0.4, 0.5) is 5.69 Å². The number of tetrazole rings is 1. The Bertz CT molecular complexity index is 649. The van der Waals surface area contributed by atoms with Crippen LogP contribution in [0.25, 0.3) is 11.4 Å². The summed E-state index contributed by atoms with van der Waals surface area (Å²) in [6.45, 7) is 4.57. The molecule has 0 bridgehead atoms. The van der Waals surface area contributed by atoms with Crippen LogP contribution in [0.3, 0.4) is 0 Å². The average molecular weight is 306 g/mol. The van der Waals surface area contributed by atoms with Crippen LogP contribution in [0.2, 0.25) is 5.02 Å². The number of hydrogen-bond donors (Lipinski definition) is 1. The Labute approximate surface area is 129 Å². The summed E-state index contributed by atoms with van der Waals surface area (Å²) in [4.78, 5) is 0. The van der Waals surface area contributed by atoms with Gasteiger partial charge >= 0.3 is 0 Å². The number of benzene rings is 1. The van der Waals surface area contributed by atoms with Gasteiger partial charge in [-0.15, -0.1) is 5.10 Å². The maximum Gasteiger partial charge on any atom is 0.183 e. The van der Waals surface area contributed by atoms with Crippen molar-refractivity contribution >= 4 is 17.3 Å². The molecule has 1 heterocycles. The van der Waals surface area contributed by atoms with Crippen molar-refractivity contribution in [1.82, 2.24) is 20.2 Å². The lowest BCUT2D eigenvalue weighted by molar-refractivity contribution is 0.132. The van der Waals surface area contributed by atoms with Gasteiger partial charge in [-0.3, -0.25) is 0 Å². The zero-order chi connectivity index (χ0) is 15.0. The van der Waals surface area contributed by atoms with E-state index in [1.54, 1.807) is 6.07 Å². The maximum atomic E-state index is 6.31. The van der Waals surface area contributed by atoms with Crippen molar-refractivity contribution in [1.29, 1.82) is 0 Å². The summed E-state index contributed by atoms with van der Waals surface area (Å²) in [5.41, 5.74) is 7.42. The van der Waals surface area contributed by atoms with E-state index in [-0.39, 0.29) is 5.41 Å². The first-order valence-corrected chi connectivity index (χ1v) is 7.70. The minimum absolute atomic E-state index is 0.183. The van der Waals surface area contributed by atoms with Crippen LogP contribution in [-0.4, -0.2) is 20.2 Å². The number of nitrogens with zero attached hydrogens (tertiary/aromatic N) is 4. The molecule has 0 amide bonds. The van der Waals surface area contributed by atoms with Gasteiger partial charge in [-0.2, -0.15) is 0 Å². The molecule has 2 N–H and O–H groups in total. The number of aromatic nitrogens is 4. The topological polar surface area (TPSA) is 69.6 Å². The van der Waals surface area contributed by atoms with Gasteiger partial charge in [-0.25, -0.2) is 4.68 Å². The van der Waals surface area contributed by atoms with Crippen LogP contribution in [0.15, 0.2) is 18.2 Å². The lowest BCUT2D eigenvalue weighted by atomic mass is 9.73. The summed E-state index contributed by atoms with van der Waals surface area (Å²) >= 11 is 6.31. The van der Waals surface area contributed by atoms with E-state index < -0.39 is 0 Å². The Hall–Kier alpha value is -1.62. The summed E-state index contributed by atoms with van der Waals surface area (Å²) < 4.78 is 1.94. The molecule has 21 heavy (non-hydrogen) atoms. The second kappa shape index (κ2) is 5.30. The zero-order valence-electron chi connectivity index (χ0n) is 12.4. The molecule has 1 saturated carbocycles. The Balaban J connectivity index is 2.05. The summed E-state index contributed by atoms with van der Waals surface area (Å²) in [6.07, 6.45) is 4.76. The predicted molar refractivity (Wildman–Crippen MR) is 84.0 cm³/mol. The first-order valence-electron chi connectivity index (χ1n) is 7.32. The van der Waals surface area contributed by atoms with Crippen molar-refractivity contribution < 1.29 is 0 Å². The van der Waals surface area contributed by atoms with E-state index in [0.717, 1.165) is 17.8 Å². The zero-order valence-corrected chi connectivity index (χ0v) is 13.1. The van der Waals surface area contributed by atoms with Gasteiger partial charge in [-0.1, -0.05) is 38.3 Å². The van der Waals surface area contributed by atoms with Crippen molar-refractivity contribution in [2.24, 2.45) is 5.41 Å². The number of rotatable bonds is 2. The Kier molecular flexibility index (Phi) is 3.61. The van der Waals surface area contributed by atoms with E-state index in [4.69, 9.17) is 17.3 Å². The van der Waals surface area contributed by atoms with E-state index >= 15 is 0 Å². The molecule has 1 fully saturated rings.